The second-order valence-electron chi connectivity index (χ2n) is 5.03. The summed E-state index contributed by atoms with van der Waals surface area (Å²) in [4.78, 5) is 0. The molecule has 2 rings (SSSR count). The van der Waals surface area contributed by atoms with Crippen molar-refractivity contribution < 1.29 is 9.47 Å². The van der Waals surface area contributed by atoms with Crippen LogP contribution in [-0.4, -0.2) is 31.5 Å². The number of hydrogen-bond acceptors (Lipinski definition) is 3. The lowest BCUT2D eigenvalue weighted by Crippen LogP contribution is -2.49. The predicted octanol–water partition coefficient (Wildman–Crippen LogP) is 1.97. The van der Waals surface area contributed by atoms with E-state index in [2.05, 4.69) is 43.4 Å². The molecule has 0 unspecified atom stereocenters. The molecule has 0 aromatic heterocycles. The molecule has 1 aliphatic rings. The van der Waals surface area contributed by atoms with Crippen molar-refractivity contribution in [2.45, 2.75) is 38.1 Å². The Morgan fingerprint density at radius 2 is 2.06 bits per heavy atom. The van der Waals surface area contributed by atoms with Crippen LogP contribution in [0.5, 0.6) is 0 Å². The highest BCUT2D eigenvalue weighted by Gasteiger charge is 2.43. The van der Waals surface area contributed by atoms with E-state index in [0.29, 0.717) is 6.61 Å². The molecule has 0 saturated carbocycles. The zero-order chi connectivity index (χ0) is 12.3. The Morgan fingerprint density at radius 3 is 2.71 bits per heavy atom. The van der Waals surface area contributed by atoms with Crippen LogP contribution in [0, 0.1) is 0 Å². The molecule has 3 nitrogen and oxygen atoms in total. The number of methoxy groups -OCH3 is 1. The van der Waals surface area contributed by atoms with Crippen LogP contribution in [0.3, 0.4) is 0 Å². The van der Waals surface area contributed by atoms with Crippen LogP contribution >= 0.6 is 0 Å². The second kappa shape index (κ2) is 5.17. The third kappa shape index (κ3) is 2.86. The van der Waals surface area contributed by atoms with Gasteiger partial charge in [-0.05, 0) is 19.4 Å². The van der Waals surface area contributed by atoms with Gasteiger partial charge in [-0.3, -0.25) is 0 Å². The number of benzene rings is 1. The van der Waals surface area contributed by atoms with Crippen LogP contribution in [0.1, 0.15) is 19.4 Å². The van der Waals surface area contributed by atoms with Gasteiger partial charge < -0.3 is 14.8 Å². The van der Waals surface area contributed by atoms with Crippen molar-refractivity contribution in [2.75, 3.05) is 13.7 Å². The number of rotatable bonds is 4. The first kappa shape index (κ1) is 12.6. The van der Waals surface area contributed by atoms with Gasteiger partial charge in [0.25, 0.3) is 0 Å². The summed E-state index contributed by atoms with van der Waals surface area (Å²) in [5.41, 5.74) is 1.11. The minimum absolute atomic E-state index is 0.133. The number of hydrogen-bond donors (Lipinski definition) is 1. The average Bonchev–Trinajstić information content (AvgIpc) is 2.63. The largest absolute Gasteiger partial charge is 0.377 e. The zero-order valence-electron chi connectivity index (χ0n) is 10.8. The van der Waals surface area contributed by atoms with Crippen molar-refractivity contribution in [1.82, 2.24) is 5.32 Å². The Labute approximate surface area is 103 Å². The first-order valence-corrected chi connectivity index (χ1v) is 6.07. The molecule has 1 aromatic rings. The van der Waals surface area contributed by atoms with Crippen molar-refractivity contribution in [1.29, 1.82) is 0 Å². The van der Waals surface area contributed by atoms with Crippen molar-refractivity contribution in [3.05, 3.63) is 35.9 Å². The minimum atomic E-state index is -0.171. The van der Waals surface area contributed by atoms with E-state index in [4.69, 9.17) is 9.47 Å². The van der Waals surface area contributed by atoms with Gasteiger partial charge >= 0.3 is 0 Å². The summed E-state index contributed by atoms with van der Waals surface area (Å²) in [5.74, 6) is 0. The standard InChI is InChI=1S/C14H21NO2/c1-14(2)13(12(16-3)10-17-14)15-9-11-7-5-4-6-8-11/h4-8,12-13,15H,9-10H2,1-3H3/t12-,13+/m1/s1. The Morgan fingerprint density at radius 1 is 1.35 bits per heavy atom. The van der Waals surface area contributed by atoms with Gasteiger partial charge in [-0.2, -0.15) is 0 Å². The van der Waals surface area contributed by atoms with E-state index in [1.54, 1.807) is 7.11 Å². The molecular formula is C14H21NO2. The molecule has 2 atom stereocenters. The molecule has 3 heteroatoms. The van der Waals surface area contributed by atoms with E-state index < -0.39 is 0 Å². The lowest BCUT2D eigenvalue weighted by atomic mass is 9.97. The van der Waals surface area contributed by atoms with Gasteiger partial charge in [0.15, 0.2) is 0 Å². The van der Waals surface area contributed by atoms with Gasteiger partial charge in [0, 0.05) is 13.7 Å². The van der Waals surface area contributed by atoms with Crippen molar-refractivity contribution in [3.8, 4) is 0 Å². The second-order valence-corrected chi connectivity index (χ2v) is 5.03. The Bertz CT molecular complexity index is 350. The normalized spacial score (nSPS) is 27.2. The molecule has 1 aromatic carbocycles. The number of ether oxygens (including phenoxy) is 2. The van der Waals surface area contributed by atoms with Crippen LogP contribution < -0.4 is 5.32 Å². The maximum atomic E-state index is 5.76. The summed E-state index contributed by atoms with van der Waals surface area (Å²) < 4.78 is 11.2. The van der Waals surface area contributed by atoms with Gasteiger partial charge in [0.2, 0.25) is 0 Å². The van der Waals surface area contributed by atoms with Crippen molar-refractivity contribution >= 4 is 0 Å². The quantitative estimate of drug-likeness (QED) is 0.865. The highest BCUT2D eigenvalue weighted by molar-refractivity contribution is 5.15. The van der Waals surface area contributed by atoms with Crippen LogP contribution in [0.2, 0.25) is 0 Å². The van der Waals surface area contributed by atoms with E-state index in [1.807, 2.05) is 6.07 Å². The maximum absolute atomic E-state index is 5.76. The van der Waals surface area contributed by atoms with Crippen molar-refractivity contribution in [3.63, 3.8) is 0 Å². The predicted molar refractivity (Wildman–Crippen MR) is 67.9 cm³/mol. The van der Waals surface area contributed by atoms with Crippen LogP contribution in [0.15, 0.2) is 30.3 Å². The van der Waals surface area contributed by atoms with E-state index in [9.17, 15) is 0 Å². The third-order valence-corrected chi connectivity index (χ3v) is 3.41. The van der Waals surface area contributed by atoms with Gasteiger partial charge in [0.1, 0.15) is 0 Å². The van der Waals surface area contributed by atoms with Crippen LogP contribution in [-0.2, 0) is 16.0 Å². The molecule has 0 aliphatic carbocycles. The van der Waals surface area contributed by atoms with Gasteiger partial charge in [-0.1, -0.05) is 30.3 Å². The summed E-state index contributed by atoms with van der Waals surface area (Å²) in [7, 11) is 1.74. The van der Waals surface area contributed by atoms with E-state index in [0.717, 1.165) is 6.54 Å². The molecule has 1 fully saturated rings. The molecule has 0 radical (unpaired) electrons. The molecule has 0 amide bonds. The fourth-order valence-electron chi connectivity index (χ4n) is 2.34. The van der Waals surface area contributed by atoms with Crippen molar-refractivity contribution in [2.24, 2.45) is 0 Å². The molecule has 0 bridgehead atoms. The average molecular weight is 235 g/mol. The van der Waals surface area contributed by atoms with Crippen LogP contribution in [0.4, 0.5) is 0 Å². The monoisotopic (exact) mass is 235 g/mol. The first-order valence-electron chi connectivity index (χ1n) is 6.07. The molecule has 1 aliphatic heterocycles. The van der Waals surface area contributed by atoms with E-state index in [-0.39, 0.29) is 17.7 Å². The molecule has 0 spiro atoms. The Kier molecular flexibility index (Phi) is 3.82. The summed E-state index contributed by atoms with van der Waals surface area (Å²) in [6, 6.07) is 10.6. The zero-order valence-corrected chi connectivity index (χ0v) is 10.8. The molecule has 1 heterocycles. The minimum Gasteiger partial charge on any atom is -0.377 e. The highest BCUT2D eigenvalue weighted by atomic mass is 16.6. The maximum Gasteiger partial charge on any atom is 0.0985 e. The lowest BCUT2D eigenvalue weighted by molar-refractivity contribution is 0.0193. The molecule has 94 valence electrons. The molecular weight excluding hydrogens is 214 g/mol. The van der Waals surface area contributed by atoms with Crippen LogP contribution in [0.25, 0.3) is 0 Å². The van der Waals surface area contributed by atoms with E-state index >= 15 is 0 Å². The molecule has 1 saturated heterocycles. The summed E-state index contributed by atoms with van der Waals surface area (Å²) in [6.07, 6.45) is 0.133. The SMILES string of the molecule is CO[C@@H]1COC(C)(C)[C@H]1NCc1ccccc1. The van der Waals surface area contributed by atoms with Gasteiger partial charge in [-0.15, -0.1) is 0 Å². The summed E-state index contributed by atoms with van der Waals surface area (Å²) in [6.45, 7) is 5.72. The fraction of sp³-hybridized carbons (Fsp3) is 0.571. The third-order valence-electron chi connectivity index (χ3n) is 3.41. The Hall–Kier alpha value is -0.900. The summed E-state index contributed by atoms with van der Waals surface area (Å²) >= 11 is 0. The first-order chi connectivity index (χ1) is 8.13. The van der Waals surface area contributed by atoms with Gasteiger partial charge in [-0.25, -0.2) is 0 Å². The molecule has 17 heavy (non-hydrogen) atoms. The highest BCUT2D eigenvalue weighted by Crippen LogP contribution is 2.27. The topological polar surface area (TPSA) is 30.5 Å². The fourth-order valence-corrected chi connectivity index (χ4v) is 2.34. The van der Waals surface area contributed by atoms with E-state index in [1.165, 1.54) is 5.56 Å². The number of nitrogens with one attached hydrogen (secondary N) is 1. The lowest BCUT2D eigenvalue weighted by Gasteiger charge is -2.29. The smallest absolute Gasteiger partial charge is 0.0985 e. The summed E-state index contributed by atoms with van der Waals surface area (Å²) in [5, 5.41) is 3.54. The Balaban J connectivity index is 1.97. The van der Waals surface area contributed by atoms with Gasteiger partial charge in [0.05, 0.1) is 24.4 Å². The molecule has 1 N–H and O–H groups in total.